The molecule has 0 fully saturated rings. The molecule has 0 aliphatic carbocycles. The number of aryl methyl sites for hydroxylation is 4. The van der Waals surface area contributed by atoms with E-state index in [9.17, 15) is 20.4 Å². The van der Waals surface area contributed by atoms with Crippen molar-refractivity contribution < 1.29 is 20.4 Å². The van der Waals surface area contributed by atoms with Crippen molar-refractivity contribution in [3.8, 4) is 0 Å². The van der Waals surface area contributed by atoms with Gasteiger partial charge >= 0.3 is 0 Å². The number of aliphatic hydroxyl groups excluding tert-OH is 2. The van der Waals surface area contributed by atoms with Gasteiger partial charge in [0.25, 0.3) is 0 Å². The standard InChI is InChI=1S/C32H34O4/c1-21-5-13-25(14-6-21)31(35,26-15-7-22(2)8-16-26)29(33)30(34)32(36,27-17-9-23(3)10-18-27)28-19-11-24(4)12-20-28/h5-20,29-30,33-36H,1-4H3/t29-,30-/m1/s1. The van der Waals surface area contributed by atoms with Gasteiger partial charge in [-0.15, -0.1) is 0 Å². The molecule has 0 saturated carbocycles. The third-order valence-electron chi connectivity index (χ3n) is 7.12. The zero-order valence-corrected chi connectivity index (χ0v) is 21.2. The molecule has 0 unspecified atom stereocenters. The van der Waals surface area contributed by atoms with Gasteiger partial charge in [-0.25, -0.2) is 0 Å². The van der Waals surface area contributed by atoms with Crippen LogP contribution in [0.15, 0.2) is 97.1 Å². The van der Waals surface area contributed by atoms with E-state index in [0.29, 0.717) is 22.3 Å². The fraction of sp³-hybridized carbons (Fsp3) is 0.250. The first-order chi connectivity index (χ1) is 17.1. The van der Waals surface area contributed by atoms with E-state index in [1.807, 2.05) is 76.2 Å². The molecule has 4 N–H and O–H groups in total. The molecule has 0 aromatic heterocycles. The maximum absolute atomic E-state index is 12.2. The quantitative estimate of drug-likeness (QED) is 0.305. The molecule has 0 aliphatic heterocycles. The molecule has 36 heavy (non-hydrogen) atoms. The van der Waals surface area contributed by atoms with Gasteiger partial charge in [0.05, 0.1) is 0 Å². The van der Waals surface area contributed by atoms with Gasteiger partial charge < -0.3 is 20.4 Å². The summed E-state index contributed by atoms with van der Waals surface area (Å²) in [6.45, 7) is 7.75. The van der Waals surface area contributed by atoms with Crippen molar-refractivity contribution in [2.45, 2.75) is 51.1 Å². The molecule has 4 heteroatoms. The van der Waals surface area contributed by atoms with E-state index in [0.717, 1.165) is 22.3 Å². The Hall–Kier alpha value is -3.28. The topological polar surface area (TPSA) is 80.9 Å². The Balaban J connectivity index is 1.90. The summed E-state index contributed by atoms with van der Waals surface area (Å²) in [5.74, 6) is 0. The summed E-state index contributed by atoms with van der Waals surface area (Å²) in [5, 5.41) is 48.0. The first-order valence-corrected chi connectivity index (χ1v) is 12.2. The van der Waals surface area contributed by atoms with Crippen LogP contribution < -0.4 is 0 Å². The van der Waals surface area contributed by atoms with Gasteiger partial charge in [-0.05, 0) is 49.9 Å². The number of hydrogen-bond acceptors (Lipinski definition) is 4. The lowest BCUT2D eigenvalue weighted by molar-refractivity contribution is -0.167. The maximum Gasteiger partial charge on any atom is 0.143 e. The minimum atomic E-state index is -2.00. The van der Waals surface area contributed by atoms with Gasteiger partial charge in [-0.2, -0.15) is 0 Å². The fourth-order valence-electron chi connectivity index (χ4n) is 4.70. The number of rotatable bonds is 7. The Morgan fingerprint density at radius 1 is 0.389 bits per heavy atom. The summed E-state index contributed by atoms with van der Waals surface area (Å²) < 4.78 is 0. The first kappa shape index (κ1) is 25.8. The molecule has 2 atom stereocenters. The van der Waals surface area contributed by atoms with Gasteiger partial charge in [0.15, 0.2) is 0 Å². The Labute approximate surface area is 213 Å². The predicted molar refractivity (Wildman–Crippen MR) is 143 cm³/mol. The predicted octanol–water partition coefficient (Wildman–Crippen LogP) is 4.81. The molecular formula is C32H34O4. The summed E-state index contributed by atoms with van der Waals surface area (Å²) in [6, 6.07) is 28.7. The molecule has 0 saturated heterocycles. The third-order valence-corrected chi connectivity index (χ3v) is 7.12. The van der Waals surface area contributed by atoms with Crippen molar-refractivity contribution in [2.75, 3.05) is 0 Å². The minimum absolute atomic E-state index is 0.415. The molecule has 0 spiro atoms. The van der Waals surface area contributed by atoms with Crippen molar-refractivity contribution in [1.82, 2.24) is 0 Å². The second kappa shape index (κ2) is 10.00. The highest BCUT2D eigenvalue weighted by atomic mass is 16.4. The van der Waals surface area contributed by atoms with Crippen molar-refractivity contribution in [2.24, 2.45) is 0 Å². The fourth-order valence-corrected chi connectivity index (χ4v) is 4.70. The summed E-state index contributed by atoms with van der Waals surface area (Å²) in [7, 11) is 0. The average Bonchev–Trinajstić information content (AvgIpc) is 2.88. The SMILES string of the molecule is Cc1ccc(C(O)(c2ccc(C)cc2)[C@H](O)[C@@H](O)C(O)(c2ccc(C)cc2)c2ccc(C)cc2)cc1. The largest absolute Gasteiger partial charge is 0.387 e. The van der Waals surface area contributed by atoms with Crippen LogP contribution in [0.25, 0.3) is 0 Å². The molecule has 186 valence electrons. The second-order valence-corrected chi connectivity index (χ2v) is 9.89. The second-order valence-electron chi connectivity index (χ2n) is 9.89. The number of benzene rings is 4. The van der Waals surface area contributed by atoms with E-state index in [1.54, 1.807) is 48.5 Å². The number of hydrogen-bond donors (Lipinski definition) is 4. The third kappa shape index (κ3) is 4.61. The Morgan fingerprint density at radius 3 is 0.722 bits per heavy atom. The lowest BCUT2D eigenvalue weighted by atomic mass is 9.71. The Morgan fingerprint density at radius 2 is 0.556 bits per heavy atom. The monoisotopic (exact) mass is 482 g/mol. The van der Waals surface area contributed by atoms with E-state index in [4.69, 9.17) is 0 Å². The van der Waals surface area contributed by atoms with Crippen LogP contribution in [-0.2, 0) is 11.2 Å². The molecule has 0 amide bonds. The van der Waals surface area contributed by atoms with E-state index in [1.165, 1.54) is 0 Å². The van der Waals surface area contributed by atoms with Crippen LogP contribution in [0.2, 0.25) is 0 Å². The van der Waals surface area contributed by atoms with Crippen LogP contribution in [0, 0.1) is 27.7 Å². The number of aliphatic hydroxyl groups is 4. The minimum Gasteiger partial charge on any atom is -0.387 e. The molecule has 0 bridgehead atoms. The summed E-state index contributed by atoms with van der Waals surface area (Å²) in [5.41, 5.74) is 1.65. The smallest absolute Gasteiger partial charge is 0.143 e. The van der Waals surface area contributed by atoms with Crippen LogP contribution in [0.4, 0.5) is 0 Å². The van der Waals surface area contributed by atoms with Gasteiger partial charge in [-0.3, -0.25) is 0 Å². The van der Waals surface area contributed by atoms with Gasteiger partial charge in [0.1, 0.15) is 23.4 Å². The maximum atomic E-state index is 12.2. The molecule has 4 nitrogen and oxygen atoms in total. The lowest BCUT2D eigenvalue weighted by Crippen LogP contribution is -2.56. The summed E-state index contributed by atoms with van der Waals surface area (Å²) in [4.78, 5) is 0. The molecule has 4 rings (SSSR count). The van der Waals surface area contributed by atoms with Crippen molar-refractivity contribution in [3.63, 3.8) is 0 Å². The highest BCUT2D eigenvalue weighted by Gasteiger charge is 2.52. The summed E-state index contributed by atoms with van der Waals surface area (Å²) >= 11 is 0. The van der Waals surface area contributed by atoms with Crippen LogP contribution >= 0.6 is 0 Å². The van der Waals surface area contributed by atoms with E-state index >= 15 is 0 Å². The van der Waals surface area contributed by atoms with Crippen molar-refractivity contribution >= 4 is 0 Å². The van der Waals surface area contributed by atoms with Crippen LogP contribution in [0.5, 0.6) is 0 Å². The highest BCUT2D eigenvalue weighted by molar-refractivity contribution is 5.44. The normalized spacial score (nSPS) is 13.9. The van der Waals surface area contributed by atoms with Crippen LogP contribution in [0.1, 0.15) is 44.5 Å². The van der Waals surface area contributed by atoms with Crippen LogP contribution in [-0.4, -0.2) is 32.6 Å². The zero-order chi connectivity index (χ0) is 26.1. The average molecular weight is 483 g/mol. The van der Waals surface area contributed by atoms with Crippen molar-refractivity contribution in [3.05, 3.63) is 142 Å². The zero-order valence-electron chi connectivity index (χ0n) is 21.2. The van der Waals surface area contributed by atoms with Gasteiger partial charge in [0.2, 0.25) is 0 Å². The van der Waals surface area contributed by atoms with Gasteiger partial charge in [0, 0.05) is 0 Å². The molecule has 0 aliphatic rings. The molecule has 4 aromatic rings. The molecule has 4 aromatic carbocycles. The van der Waals surface area contributed by atoms with Gasteiger partial charge in [-0.1, -0.05) is 119 Å². The molecule has 0 radical (unpaired) electrons. The van der Waals surface area contributed by atoms with E-state index in [2.05, 4.69) is 0 Å². The van der Waals surface area contributed by atoms with E-state index in [-0.39, 0.29) is 0 Å². The Bertz CT molecular complexity index is 1090. The van der Waals surface area contributed by atoms with E-state index < -0.39 is 23.4 Å². The Kier molecular flexibility index (Phi) is 7.17. The first-order valence-electron chi connectivity index (χ1n) is 12.2. The lowest BCUT2D eigenvalue weighted by Gasteiger charge is -2.43. The molecule has 0 heterocycles. The van der Waals surface area contributed by atoms with Crippen molar-refractivity contribution in [1.29, 1.82) is 0 Å². The highest BCUT2D eigenvalue weighted by Crippen LogP contribution is 2.42. The summed E-state index contributed by atoms with van der Waals surface area (Å²) in [6.07, 6.45) is -3.56. The molecular weight excluding hydrogens is 448 g/mol. The van der Waals surface area contributed by atoms with Crippen LogP contribution in [0.3, 0.4) is 0 Å².